The number of nitro groups is 1. The van der Waals surface area contributed by atoms with Crippen LogP contribution in [-0.4, -0.2) is 32.8 Å². The second-order valence-corrected chi connectivity index (χ2v) is 7.11. The molecule has 0 spiro atoms. The maximum absolute atomic E-state index is 13.7. The number of nitro benzene ring substituents is 1. The molecule has 0 amide bonds. The van der Waals surface area contributed by atoms with Crippen molar-refractivity contribution in [2.45, 2.75) is 51.0 Å². The zero-order valence-corrected chi connectivity index (χ0v) is 14.6. The number of rotatable bonds is 3. The highest BCUT2D eigenvalue weighted by Crippen LogP contribution is 2.35. The topological polar surface area (TPSA) is 77.1 Å². The van der Waals surface area contributed by atoms with Gasteiger partial charge in [0.05, 0.1) is 4.92 Å². The number of aryl methyl sites for hydroxylation is 1. The van der Waals surface area contributed by atoms with E-state index in [-0.39, 0.29) is 11.6 Å². The molecule has 0 N–H and O–H groups in total. The normalized spacial score (nSPS) is 20.5. The highest BCUT2D eigenvalue weighted by Gasteiger charge is 2.30. The number of nitrogens with zero attached hydrogens (tertiary/aromatic N) is 5. The number of hydrogen-bond donors (Lipinski definition) is 0. The lowest BCUT2D eigenvalue weighted by Gasteiger charge is -2.33. The standard InChI is InChI=1S/C18H22FN5O2/c19-14-7-8-15(24(25)26)16(11-14)22-9-4-5-13(12-22)18-21-20-17-6-2-1-3-10-23(17)18/h7-8,11,13H,1-6,9-10,12H2. The van der Waals surface area contributed by atoms with E-state index in [1.807, 2.05) is 4.90 Å². The number of piperidine rings is 1. The van der Waals surface area contributed by atoms with Crippen LogP contribution in [0, 0.1) is 15.9 Å². The monoisotopic (exact) mass is 359 g/mol. The number of halogens is 1. The van der Waals surface area contributed by atoms with E-state index in [1.54, 1.807) is 0 Å². The van der Waals surface area contributed by atoms with Gasteiger partial charge in [-0.05, 0) is 31.7 Å². The summed E-state index contributed by atoms with van der Waals surface area (Å²) in [5, 5.41) is 20.2. The second kappa shape index (κ2) is 7.01. The van der Waals surface area contributed by atoms with Crippen LogP contribution in [0.5, 0.6) is 0 Å². The first-order valence-corrected chi connectivity index (χ1v) is 9.24. The fraction of sp³-hybridized carbons (Fsp3) is 0.556. The van der Waals surface area contributed by atoms with Crippen molar-refractivity contribution >= 4 is 11.4 Å². The SMILES string of the molecule is O=[N+]([O-])c1ccc(F)cc1N1CCCC(c2nnc3n2CCCCC3)C1. The molecule has 26 heavy (non-hydrogen) atoms. The molecule has 0 aliphatic carbocycles. The molecule has 0 bridgehead atoms. The first-order chi connectivity index (χ1) is 12.6. The van der Waals surface area contributed by atoms with Gasteiger partial charge in [0.15, 0.2) is 0 Å². The van der Waals surface area contributed by atoms with Gasteiger partial charge < -0.3 is 9.47 Å². The lowest BCUT2D eigenvalue weighted by Crippen LogP contribution is -2.36. The molecular weight excluding hydrogens is 337 g/mol. The van der Waals surface area contributed by atoms with Gasteiger partial charge in [0.25, 0.3) is 5.69 Å². The number of benzene rings is 1. The molecule has 0 saturated carbocycles. The third-order valence-corrected chi connectivity index (χ3v) is 5.40. The number of aromatic nitrogens is 3. The summed E-state index contributed by atoms with van der Waals surface area (Å²) in [5.41, 5.74) is 0.308. The van der Waals surface area contributed by atoms with Gasteiger partial charge in [-0.3, -0.25) is 10.1 Å². The number of anilines is 1. The summed E-state index contributed by atoms with van der Waals surface area (Å²) in [6.07, 6.45) is 6.29. The zero-order chi connectivity index (χ0) is 18.1. The highest BCUT2D eigenvalue weighted by molar-refractivity contribution is 5.63. The third-order valence-electron chi connectivity index (χ3n) is 5.40. The van der Waals surface area contributed by atoms with Gasteiger partial charge in [0.2, 0.25) is 0 Å². The van der Waals surface area contributed by atoms with Crippen molar-refractivity contribution in [1.29, 1.82) is 0 Å². The van der Waals surface area contributed by atoms with E-state index in [0.29, 0.717) is 18.8 Å². The molecule has 1 fully saturated rings. The van der Waals surface area contributed by atoms with Crippen molar-refractivity contribution in [3.05, 3.63) is 45.8 Å². The molecule has 2 aromatic rings. The molecule has 1 unspecified atom stereocenters. The molecule has 138 valence electrons. The van der Waals surface area contributed by atoms with Crippen LogP contribution < -0.4 is 4.90 Å². The average Bonchev–Trinajstić information content (AvgIpc) is 2.90. The first kappa shape index (κ1) is 16.9. The number of hydrogen-bond acceptors (Lipinski definition) is 5. The summed E-state index contributed by atoms with van der Waals surface area (Å²) in [4.78, 5) is 12.8. The third kappa shape index (κ3) is 3.15. The summed E-state index contributed by atoms with van der Waals surface area (Å²) >= 11 is 0. The number of fused-ring (bicyclic) bond motifs is 1. The van der Waals surface area contributed by atoms with E-state index in [0.717, 1.165) is 56.4 Å². The van der Waals surface area contributed by atoms with Crippen LogP contribution in [0.15, 0.2) is 18.2 Å². The molecule has 1 saturated heterocycles. The maximum Gasteiger partial charge on any atom is 0.292 e. The molecular formula is C18H22FN5O2. The molecule has 7 nitrogen and oxygen atoms in total. The van der Waals surface area contributed by atoms with Gasteiger partial charge >= 0.3 is 0 Å². The smallest absolute Gasteiger partial charge is 0.292 e. The van der Waals surface area contributed by atoms with Gasteiger partial charge in [-0.15, -0.1) is 10.2 Å². The van der Waals surface area contributed by atoms with Crippen LogP contribution in [0.25, 0.3) is 0 Å². The molecule has 1 aromatic heterocycles. The molecule has 2 aliphatic rings. The van der Waals surface area contributed by atoms with E-state index >= 15 is 0 Å². The quantitative estimate of drug-likeness (QED) is 0.620. The molecule has 3 heterocycles. The van der Waals surface area contributed by atoms with Crippen LogP contribution >= 0.6 is 0 Å². The first-order valence-electron chi connectivity index (χ1n) is 9.24. The predicted molar refractivity (Wildman–Crippen MR) is 94.8 cm³/mol. The van der Waals surface area contributed by atoms with Crippen LogP contribution in [0.1, 0.15) is 49.7 Å². The summed E-state index contributed by atoms with van der Waals surface area (Å²) in [5.74, 6) is 1.73. The van der Waals surface area contributed by atoms with Gasteiger partial charge in [-0.2, -0.15) is 0 Å². The van der Waals surface area contributed by atoms with Gasteiger partial charge in [-0.1, -0.05) is 6.42 Å². The van der Waals surface area contributed by atoms with E-state index in [9.17, 15) is 14.5 Å². The Kier molecular flexibility index (Phi) is 4.57. The molecule has 1 aromatic carbocycles. The summed E-state index contributed by atoms with van der Waals surface area (Å²) in [6, 6.07) is 3.66. The van der Waals surface area contributed by atoms with E-state index < -0.39 is 10.7 Å². The Hall–Kier alpha value is -2.51. The minimum Gasteiger partial charge on any atom is -0.365 e. The Morgan fingerprint density at radius 1 is 1.15 bits per heavy atom. The summed E-state index contributed by atoms with van der Waals surface area (Å²) < 4.78 is 16.0. The molecule has 4 rings (SSSR count). The van der Waals surface area contributed by atoms with Crippen molar-refractivity contribution in [2.24, 2.45) is 0 Å². The van der Waals surface area contributed by atoms with Crippen molar-refractivity contribution in [3.8, 4) is 0 Å². The van der Waals surface area contributed by atoms with Crippen molar-refractivity contribution < 1.29 is 9.31 Å². The minimum absolute atomic E-state index is 0.0490. The minimum atomic E-state index is -0.455. The fourth-order valence-corrected chi connectivity index (χ4v) is 4.12. The summed E-state index contributed by atoms with van der Waals surface area (Å²) in [7, 11) is 0. The Labute approximate surface area is 151 Å². The van der Waals surface area contributed by atoms with Crippen LogP contribution in [0.4, 0.5) is 15.8 Å². The van der Waals surface area contributed by atoms with Crippen molar-refractivity contribution in [1.82, 2.24) is 14.8 Å². The Morgan fingerprint density at radius 2 is 2.04 bits per heavy atom. The Bertz CT molecular complexity index is 822. The van der Waals surface area contributed by atoms with Crippen LogP contribution in [0.2, 0.25) is 0 Å². The van der Waals surface area contributed by atoms with E-state index in [1.165, 1.54) is 18.6 Å². The molecule has 2 aliphatic heterocycles. The van der Waals surface area contributed by atoms with Crippen molar-refractivity contribution in [2.75, 3.05) is 18.0 Å². The van der Waals surface area contributed by atoms with E-state index in [2.05, 4.69) is 14.8 Å². The Morgan fingerprint density at radius 3 is 2.88 bits per heavy atom. The summed E-state index contributed by atoms with van der Waals surface area (Å²) in [6.45, 7) is 2.22. The lowest BCUT2D eigenvalue weighted by molar-refractivity contribution is -0.384. The van der Waals surface area contributed by atoms with Crippen LogP contribution in [0.3, 0.4) is 0 Å². The van der Waals surface area contributed by atoms with Crippen molar-refractivity contribution in [3.63, 3.8) is 0 Å². The van der Waals surface area contributed by atoms with Gasteiger partial charge in [-0.25, -0.2) is 4.39 Å². The van der Waals surface area contributed by atoms with E-state index in [4.69, 9.17) is 0 Å². The van der Waals surface area contributed by atoms with Gasteiger partial charge in [0, 0.05) is 44.1 Å². The second-order valence-electron chi connectivity index (χ2n) is 7.11. The molecule has 8 heteroatoms. The molecule has 1 atom stereocenters. The zero-order valence-electron chi connectivity index (χ0n) is 14.6. The highest BCUT2D eigenvalue weighted by atomic mass is 19.1. The lowest BCUT2D eigenvalue weighted by atomic mass is 9.96. The largest absolute Gasteiger partial charge is 0.365 e. The maximum atomic E-state index is 13.7. The predicted octanol–water partition coefficient (Wildman–Crippen LogP) is 3.44. The average molecular weight is 359 g/mol. The molecule has 0 radical (unpaired) electrons. The van der Waals surface area contributed by atoms with Gasteiger partial charge in [0.1, 0.15) is 23.2 Å². The Balaban J connectivity index is 1.62. The fourth-order valence-electron chi connectivity index (χ4n) is 4.12. The van der Waals surface area contributed by atoms with Crippen LogP contribution in [-0.2, 0) is 13.0 Å².